The van der Waals surface area contributed by atoms with Gasteiger partial charge >= 0.3 is 0 Å². The topological polar surface area (TPSA) is 94.7 Å². The van der Waals surface area contributed by atoms with Crippen LogP contribution < -0.4 is 0 Å². The minimum atomic E-state index is -0.467. The van der Waals surface area contributed by atoms with E-state index >= 15 is 0 Å². The Morgan fingerprint density at radius 2 is 1.76 bits per heavy atom. The van der Waals surface area contributed by atoms with Gasteiger partial charge in [-0.2, -0.15) is 0 Å². The zero-order chi connectivity index (χ0) is 12.4. The monoisotopic (exact) mass is 231 g/mol. The van der Waals surface area contributed by atoms with Gasteiger partial charge in [-0.15, -0.1) is 20.4 Å². The van der Waals surface area contributed by atoms with Gasteiger partial charge in [0.15, 0.2) is 5.82 Å². The summed E-state index contributed by atoms with van der Waals surface area (Å²) in [5, 5.41) is 26.1. The van der Waals surface area contributed by atoms with Gasteiger partial charge in [-0.3, -0.25) is 10.1 Å². The molecule has 0 aliphatic rings. The second kappa shape index (κ2) is 4.20. The molecule has 0 fully saturated rings. The number of aryl methyl sites for hydroxylation is 2. The number of hydrogen-bond acceptors (Lipinski definition) is 6. The standard InChI is InChI=1S/C10H9N5O2/c1-6-4-3-5-8(15(16)17)9(6)10-13-11-7(2)12-14-10/h3-5H,1-2H3. The van der Waals surface area contributed by atoms with Crippen LogP contribution in [-0.4, -0.2) is 25.3 Å². The van der Waals surface area contributed by atoms with E-state index in [9.17, 15) is 10.1 Å². The summed E-state index contributed by atoms with van der Waals surface area (Å²) in [6.45, 7) is 3.40. The van der Waals surface area contributed by atoms with Crippen molar-refractivity contribution in [3.63, 3.8) is 0 Å². The molecule has 0 saturated heterocycles. The van der Waals surface area contributed by atoms with Crippen LogP contribution in [0.15, 0.2) is 18.2 Å². The van der Waals surface area contributed by atoms with Crippen LogP contribution in [0.5, 0.6) is 0 Å². The smallest absolute Gasteiger partial charge is 0.258 e. The molecular formula is C10H9N5O2. The van der Waals surface area contributed by atoms with Crippen LogP contribution in [0, 0.1) is 24.0 Å². The van der Waals surface area contributed by atoms with Gasteiger partial charge in [0.25, 0.3) is 5.69 Å². The number of nitro benzene ring substituents is 1. The molecule has 17 heavy (non-hydrogen) atoms. The molecule has 0 aliphatic heterocycles. The molecule has 86 valence electrons. The molecule has 0 radical (unpaired) electrons. The molecule has 0 bridgehead atoms. The van der Waals surface area contributed by atoms with Crippen molar-refractivity contribution in [1.29, 1.82) is 0 Å². The highest BCUT2D eigenvalue weighted by Gasteiger charge is 2.20. The van der Waals surface area contributed by atoms with Crippen molar-refractivity contribution in [2.45, 2.75) is 13.8 Å². The first-order valence-corrected chi connectivity index (χ1v) is 4.88. The van der Waals surface area contributed by atoms with Crippen molar-refractivity contribution in [2.24, 2.45) is 0 Å². The van der Waals surface area contributed by atoms with Crippen molar-refractivity contribution in [3.8, 4) is 11.4 Å². The molecule has 2 aromatic rings. The summed E-state index contributed by atoms with van der Waals surface area (Å²) in [5.41, 5.74) is 1.03. The number of rotatable bonds is 2. The van der Waals surface area contributed by atoms with E-state index in [1.54, 1.807) is 26.0 Å². The lowest BCUT2D eigenvalue weighted by atomic mass is 10.1. The maximum absolute atomic E-state index is 10.9. The Morgan fingerprint density at radius 1 is 1.12 bits per heavy atom. The first-order valence-electron chi connectivity index (χ1n) is 4.88. The van der Waals surface area contributed by atoms with Gasteiger partial charge in [0.1, 0.15) is 5.56 Å². The number of hydrogen-bond donors (Lipinski definition) is 0. The van der Waals surface area contributed by atoms with Crippen LogP contribution in [0.2, 0.25) is 0 Å². The summed E-state index contributed by atoms with van der Waals surface area (Å²) in [5.74, 6) is 0.588. The first-order chi connectivity index (χ1) is 8.09. The van der Waals surface area contributed by atoms with Gasteiger partial charge < -0.3 is 0 Å². The highest BCUT2D eigenvalue weighted by atomic mass is 16.6. The highest BCUT2D eigenvalue weighted by Crippen LogP contribution is 2.29. The second-order valence-corrected chi connectivity index (χ2v) is 3.50. The van der Waals surface area contributed by atoms with Gasteiger partial charge in [0.2, 0.25) is 5.82 Å². The Balaban J connectivity index is 2.65. The molecule has 0 atom stereocenters. The molecule has 1 heterocycles. The van der Waals surface area contributed by atoms with Crippen LogP contribution >= 0.6 is 0 Å². The summed E-state index contributed by atoms with van der Waals surface area (Å²) >= 11 is 0. The van der Waals surface area contributed by atoms with Crippen LogP contribution in [-0.2, 0) is 0 Å². The number of aromatic nitrogens is 4. The van der Waals surface area contributed by atoms with Gasteiger partial charge in [-0.1, -0.05) is 12.1 Å². The van der Waals surface area contributed by atoms with Crippen LogP contribution in [0.4, 0.5) is 5.69 Å². The van der Waals surface area contributed by atoms with Crippen molar-refractivity contribution >= 4 is 5.69 Å². The van der Waals surface area contributed by atoms with E-state index in [2.05, 4.69) is 20.4 Å². The van der Waals surface area contributed by atoms with E-state index in [1.165, 1.54) is 6.07 Å². The molecule has 0 N–H and O–H groups in total. The molecule has 0 unspecified atom stereocenters. The lowest BCUT2D eigenvalue weighted by Crippen LogP contribution is -2.02. The van der Waals surface area contributed by atoms with E-state index in [0.29, 0.717) is 17.0 Å². The normalized spacial score (nSPS) is 10.2. The summed E-state index contributed by atoms with van der Waals surface area (Å²) in [7, 11) is 0. The lowest BCUT2D eigenvalue weighted by Gasteiger charge is -2.03. The third-order valence-electron chi connectivity index (χ3n) is 2.25. The van der Waals surface area contributed by atoms with Gasteiger partial charge in [-0.05, 0) is 19.4 Å². The molecule has 1 aromatic heterocycles. The summed E-state index contributed by atoms with van der Waals surface area (Å²) in [6, 6.07) is 4.78. The fraction of sp³-hybridized carbons (Fsp3) is 0.200. The van der Waals surface area contributed by atoms with E-state index in [-0.39, 0.29) is 11.5 Å². The zero-order valence-corrected chi connectivity index (χ0v) is 9.28. The Kier molecular flexibility index (Phi) is 2.73. The average Bonchev–Trinajstić information content (AvgIpc) is 2.30. The van der Waals surface area contributed by atoms with E-state index in [1.807, 2.05) is 0 Å². The predicted octanol–water partition coefficient (Wildman–Crippen LogP) is 1.46. The highest BCUT2D eigenvalue weighted by molar-refractivity contribution is 5.70. The van der Waals surface area contributed by atoms with Crippen molar-refractivity contribution in [2.75, 3.05) is 0 Å². The maximum Gasteiger partial charge on any atom is 0.280 e. The fourth-order valence-corrected chi connectivity index (χ4v) is 1.47. The third kappa shape index (κ3) is 2.07. The Morgan fingerprint density at radius 3 is 2.35 bits per heavy atom. The molecular weight excluding hydrogens is 222 g/mol. The average molecular weight is 231 g/mol. The molecule has 0 amide bonds. The van der Waals surface area contributed by atoms with Crippen molar-refractivity contribution < 1.29 is 4.92 Å². The van der Waals surface area contributed by atoms with Gasteiger partial charge in [0.05, 0.1) is 4.92 Å². The minimum absolute atomic E-state index is 0.0440. The fourth-order valence-electron chi connectivity index (χ4n) is 1.47. The molecule has 1 aromatic carbocycles. The van der Waals surface area contributed by atoms with Crippen molar-refractivity contribution in [3.05, 3.63) is 39.7 Å². The predicted molar refractivity (Wildman–Crippen MR) is 59.2 cm³/mol. The number of benzene rings is 1. The molecule has 0 aliphatic carbocycles. The first kappa shape index (κ1) is 11.1. The zero-order valence-electron chi connectivity index (χ0n) is 9.28. The van der Waals surface area contributed by atoms with Crippen LogP contribution in [0.25, 0.3) is 11.4 Å². The lowest BCUT2D eigenvalue weighted by molar-refractivity contribution is -0.384. The Bertz CT molecular complexity index is 567. The third-order valence-corrected chi connectivity index (χ3v) is 2.25. The molecule has 2 rings (SSSR count). The van der Waals surface area contributed by atoms with E-state index in [0.717, 1.165) is 0 Å². The number of nitro groups is 1. The van der Waals surface area contributed by atoms with E-state index < -0.39 is 4.92 Å². The summed E-state index contributed by atoms with van der Waals surface area (Å²) in [4.78, 5) is 10.5. The summed E-state index contributed by atoms with van der Waals surface area (Å²) < 4.78 is 0. The molecule has 0 spiro atoms. The Labute approximate surface area is 96.7 Å². The molecule has 7 nitrogen and oxygen atoms in total. The van der Waals surface area contributed by atoms with E-state index in [4.69, 9.17) is 0 Å². The quantitative estimate of drug-likeness (QED) is 0.573. The molecule has 7 heteroatoms. The largest absolute Gasteiger partial charge is 0.280 e. The minimum Gasteiger partial charge on any atom is -0.258 e. The molecule has 0 saturated carbocycles. The van der Waals surface area contributed by atoms with Gasteiger partial charge in [-0.25, -0.2) is 0 Å². The second-order valence-electron chi connectivity index (χ2n) is 3.50. The van der Waals surface area contributed by atoms with Crippen LogP contribution in [0.1, 0.15) is 11.4 Å². The summed E-state index contributed by atoms with van der Waals surface area (Å²) in [6.07, 6.45) is 0. The van der Waals surface area contributed by atoms with Gasteiger partial charge in [0, 0.05) is 6.07 Å². The van der Waals surface area contributed by atoms with Crippen molar-refractivity contribution in [1.82, 2.24) is 20.4 Å². The van der Waals surface area contributed by atoms with Crippen LogP contribution in [0.3, 0.4) is 0 Å². The maximum atomic E-state index is 10.9. The Hall–Kier alpha value is -2.44. The SMILES string of the molecule is Cc1nnc(-c2c(C)cccc2[N+](=O)[O-])nn1. The number of nitrogens with zero attached hydrogens (tertiary/aromatic N) is 5.